The number of hydrogen-bond acceptors (Lipinski definition) is 11. The zero-order valence-electron chi connectivity index (χ0n) is 22.6. The van der Waals surface area contributed by atoms with Gasteiger partial charge in [0.1, 0.15) is 18.2 Å². The van der Waals surface area contributed by atoms with Crippen molar-refractivity contribution in [3.63, 3.8) is 0 Å². The zero-order chi connectivity index (χ0) is 28.1. The van der Waals surface area contributed by atoms with Crippen LogP contribution in [0, 0.1) is 11.8 Å². The number of rotatable bonds is 13. The summed E-state index contributed by atoms with van der Waals surface area (Å²) in [7, 11) is 0. The monoisotopic (exact) mass is 525 g/mol. The predicted molar refractivity (Wildman–Crippen MR) is 133 cm³/mol. The lowest BCUT2D eigenvalue weighted by Gasteiger charge is -2.19. The van der Waals surface area contributed by atoms with E-state index in [1.165, 1.54) is 19.1 Å². The first kappa shape index (κ1) is 31.7. The number of hydrogen-bond donors (Lipinski definition) is 1. The van der Waals surface area contributed by atoms with E-state index in [1.54, 1.807) is 19.9 Å². The standard InChI is InChI=1S/C26H39NO10/c1-15(2)17(5)34-25(30)36-22-10-9-20(14-23(22)37-26(31)35-18(6)16(3)4)13-21(27)24(29)33-12-8-11-32-19(7)28/h9-10,14-18,21H,8,11-13,27H2,1-7H3. The van der Waals surface area contributed by atoms with Crippen molar-refractivity contribution in [1.82, 2.24) is 0 Å². The molecule has 0 bridgehead atoms. The van der Waals surface area contributed by atoms with E-state index in [0.29, 0.717) is 12.0 Å². The summed E-state index contributed by atoms with van der Waals surface area (Å²) in [5.41, 5.74) is 6.48. The molecule has 37 heavy (non-hydrogen) atoms. The van der Waals surface area contributed by atoms with Crippen LogP contribution in [0.1, 0.15) is 60.5 Å². The molecule has 0 fully saturated rings. The van der Waals surface area contributed by atoms with Gasteiger partial charge in [0.15, 0.2) is 11.5 Å². The number of esters is 2. The van der Waals surface area contributed by atoms with Gasteiger partial charge >= 0.3 is 24.2 Å². The molecule has 0 heterocycles. The number of ether oxygens (including phenoxy) is 6. The van der Waals surface area contributed by atoms with Crippen molar-refractivity contribution in [1.29, 1.82) is 0 Å². The zero-order valence-corrected chi connectivity index (χ0v) is 22.6. The summed E-state index contributed by atoms with van der Waals surface area (Å²) < 4.78 is 30.9. The Bertz CT molecular complexity index is 915. The van der Waals surface area contributed by atoms with E-state index in [4.69, 9.17) is 34.2 Å². The van der Waals surface area contributed by atoms with Gasteiger partial charge in [-0.3, -0.25) is 9.59 Å². The molecule has 3 atom stereocenters. The molecule has 2 N–H and O–H groups in total. The average molecular weight is 526 g/mol. The normalized spacial score (nSPS) is 13.4. The largest absolute Gasteiger partial charge is 0.514 e. The maximum Gasteiger partial charge on any atom is 0.514 e. The van der Waals surface area contributed by atoms with E-state index < -0.39 is 42.5 Å². The smallest absolute Gasteiger partial charge is 0.466 e. The number of carbonyl (C=O) groups is 4. The molecule has 1 aromatic carbocycles. The van der Waals surface area contributed by atoms with Crippen LogP contribution in [0.3, 0.4) is 0 Å². The maximum atomic E-state index is 12.3. The molecule has 1 aromatic rings. The molecule has 0 aliphatic heterocycles. The first-order valence-corrected chi connectivity index (χ1v) is 12.3. The van der Waals surface area contributed by atoms with Crippen LogP contribution in [-0.2, 0) is 35.0 Å². The van der Waals surface area contributed by atoms with Crippen molar-refractivity contribution in [3.05, 3.63) is 23.8 Å². The van der Waals surface area contributed by atoms with E-state index in [2.05, 4.69) is 0 Å². The summed E-state index contributed by atoms with van der Waals surface area (Å²) >= 11 is 0. The lowest BCUT2D eigenvalue weighted by atomic mass is 10.1. The second-order valence-corrected chi connectivity index (χ2v) is 9.29. The lowest BCUT2D eigenvalue weighted by Crippen LogP contribution is -2.34. The van der Waals surface area contributed by atoms with Gasteiger partial charge in [-0.15, -0.1) is 0 Å². The van der Waals surface area contributed by atoms with E-state index in [-0.39, 0.29) is 43.0 Å². The van der Waals surface area contributed by atoms with Crippen LogP contribution >= 0.6 is 0 Å². The van der Waals surface area contributed by atoms with Gasteiger partial charge in [0.05, 0.1) is 13.2 Å². The van der Waals surface area contributed by atoms with Crippen LogP contribution in [0.15, 0.2) is 18.2 Å². The quantitative estimate of drug-likeness (QED) is 0.171. The van der Waals surface area contributed by atoms with Crippen LogP contribution in [0.5, 0.6) is 11.5 Å². The molecular formula is C26H39NO10. The molecule has 0 spiro atoms. The third-order valence-electron chi connectivity index (χ3n) is 5.43. The van der Waals surface area contributed by atoms with Crippen molar-refractivity contribution in [2.45, 2.75) is 79.6 Å². The highest BCUT2D eigenvalue weighted by molar-refractivity contribution is 5.76. The van der Waals surface area contributed by atoms with Gasteiger partial charge in [-0.2, -0.15) is 0 Å². The second-order valence-electron chi connectivity index (χ2n) is 9.29. The first-order chi connectivity index (χ1) is 17.3. The number of carbonyl (C=O) groups excluding carboxylic acids is 4. The van der Waals surface area contributed by atoms with Crippen LogP contribution in [0.2, 0.25) is 0 Å². The van der Waals surface area contributed by atoms with Crippen LogP contribution in [-0.4, -0.2) is 55.7 Å². The summed E-state index contributed by atoms with van der Waals surface area (Å²) in [6, 6.07) is 3.38. The van der Waals surface area contributed by atoms with Crippen molar-refractivity contribution in [2.24, 2.45) is 17.6 Å². The minimum absolute atomic E-state index is 0.0394. The third-order valence-corrected chi connectivity index (χ3v) is 5.43. The molecule has 0 saturated carbocycles. The van der Waals surface area contributed by atoms with Crippen LogP contribution in [0.25, 0.3) is 0 Å². The molecule has 1 rings (SSSR count). The fourth-order valence-corrected chi connectivity index (χ4v) is 2.54. The molecule has 208 valence electrons. The van der Waals surface area contributed by atoms with Crippen molar-refractivity contribution < 1.29 is 47.6 Å². The molecule has 0 radical (unpaired) electrons. The Morgan fingerprint density at radius 2 is 1.30 bits per heavy atom. The highest BCUT2D eigenvalue weighted by atomic mass is 16.8. The van der Waals surface area contributed by atoms with Gasteiger partial charge < -0.3 is 34.2 Å². The first-order valence-electron chi connectivity index (χ1n) is 12.3. The summed E-state index contributed by atoms with van der Waals surface area (Å²) in [5, 5.41) is 0. The van der Waals surface area contributed by atoms with Crippen LogP contribution < -0.4 is 15.2 Å². The van der Waals surface area contributed by atoms with E-state index in [9.17, 15) is 19.2 Å². The third kappa shape index (κ3) is 12.4. The Balaban J connectivity index is 2.93. The second kappa shape index (κ2) is 15.7. The van der Waals surface area contributed by atoms with Crippen molar-refractivity contribution in [2.75, 3.05) is 13.2 Å². The number of benzene rings is 1. The average Bonchev–Trinajstić information content (AvgIpc) is 2.79. The fourth-order valence-electron chi connectivity index (χ4n) is 2.54. The van der Waals surface area contributed by atoms with Crippen molar-refractivity contribution in [3.8, 4) is 11.5 Å². The summed E-state index contributed by atoms with van der Waals surface area (Å²) in [4.78, 5) is 47.6. The highest BCUT2D eigenvalue weighted by Gasteiger charge is 2.22. The Hall–Kier alpha value is -3.34. The molecular weight excluding hydrogens is 486 g/mol. The number of nitrogens with two attached hydrogens (primary N) is 1. The summed E-state index contributed by atoms with van der Waals surface area (Å²) in [5.74, 6) is -1.11. The molecule has 11 heteroatoms. The lowest BCUT2D eigenvalue weighted by molar-refractivity contribution is -0.146. The minimum Gasteiger partial charge on any atom is -0.466 e. The Labute approximate surface area is 217 Å². The minimum atomic E-state index is -1.02. The van der Waals surface area contributed by atoms with Crippen molar-refractivity contribution >= 4 is 24.2 Å². The summed E-state index contributed by atoms with van der Waals surface area (Å²) in [6.07, 6.45) is -2.37. The van der Waals surface area contributed by atoms with Gasteiger partial charge in [-0.05, 0) is 49.8 Å². The maximum absolute atomic E-state index is 12.3. The van der Waals surface area contributed by atoms with Gasteiger partial charge in [0.2, 0.25) is 0 Å². The summed E-state index contributed by atoms with van der Waals surface area (Å²) in [6.45, 7) is 12.5. The van der Waals surface area contributed by atoms with E-state index >= 15 is 0 Å². The molecule has 0 aromatic heterocycles. The Morgan fingerprint density at radius 1 is 0.784 bits per heavy atom. The molecule has 3 unspecified atom stereocenters. The van der Waals surface area contributed by atoms with Gasteiger partial charge in [-0.1, -0.05) is 33.8 Å². The fraction of sp³-hybridized carbons (Fsp3) is 0.615. The molecule has 0 amide bonds. The van der Waals surface area contributed by atoms with Gasteiger partial charge in [0, 0.05) is 13.3 Å². The van der Waals surface area contributed by atoms with Gasteiger partial charge in [-0.25, -0.2) is 9.59 Å². The Kier molecular flexibility index (Phi) is 13.4. The molecule has 0 aliphatic rings. The molecule has 0 aliphatic carbocycles. The van der Waals surface area contributed by atoms with Crippen LogP contribution in [0.4, 0.5) is 9.59 Å². The topological polar surface area (TPSA) is 150 Å². The Morgan fingerprint density at radius 3 is 1.81 bits per heavy atom. The highest BCUT2D eigenvalue weighted by Crippen LogP contribution is 2.30. The van der Waals surface area contributed by atoms with E-state index in [1.807, 2.05) is 27.7 Å². The van der Waals surface area contributed by atoms with Gasteiger partial charge in [0.25, 0.3) is 0 Å². The SMILES string of the molecule is CC(=O)OCCCOC(=O)C(N)Cc1ccc(OC(=O)OC(C)C(C)C)c(OC(=O)OC(C)C(C)C)c1. The predicted octanol–water partition coefficient (Wildman–Crippen LogP) is 4.17. The van der Waals surface area contributed by atoms with E-state index in [0.717, 1.165) is 0 Å². The molecule has 11 nitrogen and oxygen atoms in total. The molecule has 0 saturated heterocycles.